The molecular weight excluding hydrogens is 460 g/mol. The number of hydrogen-bond donors (Lipinski definition) is 1. The van der Waals surface area contributed by atoms with Gasteiger partial charge >= 0.3 is 0 Å². The van der Waals surface area contributed by atoms with Gasteiger partial charge in [0.05, 0.1) is 26.2 Å². The molecule has 0 bridgehead atoms. The fraction of sp³-hybridized carbons (Fsp3) is 0.667. The third kappa shape index (κ3) is 17.7. The number of quaternary nitrogens is 1. The smallest absolute Gasteiger partial charge is 0.0786 e. The van der Waals surface area contributed by atoms with Crippen LogP contribution in [0.15, 0.2) is 60.7 Å². The number of benzene rings is 2. The van der Waals surface area contributed by atoms with Gasteiger partial charge in [-0.25, -0.2) is 0 Å². The van der Waals surface area contributed by atoms with Gasteiger partial charge in [-0.15, -0.1) is 0 Å². The van der Waals surface area contributed by atoms with Crippen molar-refractivity contribution in [2.45, 2.75) is 130 Å². The summed E-state index contributed by atoms with van der Waals surface area (Å²) in [5.41, 5.74) is 2.24. The molecule has 0 aromatic heterocycles. The minimum absolute atomic E-state index is 1.12. The van der Waals surface area contributed by atoms with Crippen molar-refractivity contribution >= 4 is 11.4 Å². The molecule has 0 amide bonds. The summed E-state index contributed by atoms with van der Waals surface area (Å²) in [6, 6.07) is 20.3. The van der Waals surface area contributed by atoms with E-state index in [0.717, 1.165) is 11.4 Å². The van der Waals surface area contributed by atoms with Crippen molar-refractivity contribution in [2.75, 3.05) is 31.5 Å². The maximum absolute atomic E-state index is 3.30. The highest BCUT2D eigenvalue weighted by atomic mass is 15.3. The average molecular weight is 524 g/mol. The summed E-state index contributed by atoms with van der Waals surface area (Å²) in [6.07, 6.45) is 22.8. The van der Waals surface area contributed by atoms with Crippen molar-refractivity contribution in [3.05, 3.63) is 60.7 Å². The SMILES string of the molecule is CCCCCC[N+](CCCCCC)(CCCCCC)CCCCCC.c1ccc(Nc2ccccc2)cc1. The Kier molecular flexibility index (Phi) is 21.8. The largest absolute Gasteiger partial charge is 0.356 e. The van der Waals surface area contributed by atoms with Crippen LogP contribution in [0.3, 0.4) is 0 Å². The van der Waals surface area contributed by atoms with Gasteiger partial charge in [0.2, 0.25) is 0 Å². The quantitative estimate of drug-likeness (QED) is 0.119. The van der Waals surface area contributed by atoms with E-state index in [9.17, 15) is 0 Å². The lowest BCUT2D eigenvalue weighted by molar-refractivity contribution is -0.929. The molecular formula is C36H63N2+. The molecule has 0 unspecified atom stereocenters. The first-order valence-electron chi connectivity index (χ1n) is 16.4. The Morgan fingerprint density at radius 1 is 0.395 bits per heavy atom. The van der Waals surface area contributed by atoms with Gasteiger partial charge in [-0.05, 0) is 75.6 Å². The predicted octanol–water partition coefficient (Wildman–Crippen LogP) is 11.6. The Bertz CT molecular complexity index is 637. The summed E-state index contributed by atoms with van der Waals surface area (Å²) in [7, 11) is 0. The van der Waals surface area contributed by atoms with Gasteiger partial charge in [0.15, 0.2) is 0 Å². The first-order valence-corrected chi connectivity index (χ1v) is 16.4. The summed E-state index contributed by atoms with van der Waals surface area (Å²) < 4.78 is 1.46. The van der Waals surface area contributed by atoms with E-state index in [1.807, 2.05) is 60.7 Å². The number of rotatable bonds is 22. The second-order valence-corrected chi connectivity index (χ2v) is 11.3. The molecule has 0 saturated heterocycles. The lowest BCUT2D eigenvalue weighted by atomic mass is 10.1. The fourth-order valence-electron chi connectivity index (χ4n) is 5.38. The highest BCUT2D eigenvalue weighted by Crippen LogP contribution is 2.19. The van der Waals surface area contributed by atoms with Crippen LogP contribution < -0.4 is 5.32 Å². The number of nitrogens with zero attached hydrogens (tertiary/aromatic N) is 1. The molecule has 216 valence electrons. The molecule has 0 aliphatic carbocycles. The monoisotopic (exact) mass is 523 g/mol. The highest BCUT2D eigenvalue weighted by molar-refractivity contribution is 5.58. The second kappa shape index (κ2) is 24.3. The molecule has 2 aromatic rings. The standard InChI is InChI=1S/C24H52N.C12H11N/c1-5-9-13-17-21-25(22-18-14-10-6-2,23-19-15-11-7-3)24-20-16-12-8-4;1-3-7-11(8-4-1)13-12-9-5-2-6-10-12/h5-24H2,1-4H3;1-10,13H/q+1;. The zero-order valence-corrected chi connectivity index (χ0v) is 25.9. The van der Waals surface area contributed by atoms with Gasteiger partial charge < -0.3 is 9.80 Å². The molecule has 0 aliphatic heterocycles. The van der Waals surface area contributed by atoms with E-state index in [-0.39, 0.29) is 0 Å². The van der Waals surface area contributed by atoms with Crippen LogP contribution in [-0.4, -0.2) is 30.7 Å². The van der Waals surface area contributed by atoms with Crippen LogP contribution in [0.25, 0.3) is 0 Å². The van der Waals surface area contributed by atoms with Gasteiger partial charge in [0, 0.05) is 11.4 Å². The minimum atomic E-state index is 1.12. The molecule has 0 atom stereocenters. The Labute approximate surface area is 238 Å². The Morgan fingerprint density at radius 3 is 0.947 bits per heavy atom. The third-order valence-electron chi connectivity index (χ3n) is 7.78. The molecule has 0 heterocycles. The second-order valence-electron chi connectivity index (χ2n) is 11.3. The first-order chi connectivity index (χ1) is 18.7. The maximum atomic E-state index is 3.30. The van der Waals surface area contributed by atoms with Crippen molar-refractivity contribution < 1.29 is 4.48 Å². The molecule has 1 N–H and O–H groups in total. The van der Waals surface area contributed by atoms with Crippen LogP contribution in [0.1, 0.15) is 130 Å². The van der Waals surface area contributed by atoms with Crippen LogP contribution in [-0.2, 0) is 0 Å². The van der Waals surface area contributed by atoms with Crippen LogP contribution in [0.4, 0.5) is 11.4 Å². The van der Waals surface area contributed by atoms with Gasteiger partial charge in [0.1, 0.15) is 0 Å². The van der Waals surface area contributed by atoms with E-state index in [2.05, 4.69) is 33.0 Å². The van der Waals surface area contributed by atoms with Crippen molar-refractivity contribution in [3.8, 4) is 0 Å². The Balaban J connectivity index is 0.000000457. The molecule has 2 rings (SSSR count). The van der Waals surface area contributed by atoms with Crippen molar-refractivity contribution in [1.29, 1.82) is 0 Å². The topological polar surface area (TPSA) is 12.0 Å². The Morgan fingerprint density at radius 2 is 0.684 bits per heavy atom. The van der Waals surface area contributed by atoms with E-state index in [1.54, 1.807) is 0 Å². The summed E-state index contributed by atoms with van der Waals surface area (Å²) in [6.45, 7) is 15.2. The van der Waals surface area contributed by atoms with Crippen LogP contribution >= 0.6 is 0 Å². The fourth-order valence-corrected chi connectivity index (χ4v) is 5.38. The van der Waals surface area contributed by atoms with Crippen molar-refractivity contribution in [1.82, 2.24) is 0 Å². The predicted molar refractivity (Wildman–Crippen MR) is 172 cm³/mol. The zero-order chi connectivity index (χ0) is 27.6. The van der Waals surface area contributed by atoms with Crippen LogP contribution in [0.2, 0.25) is 0 Å². The summed E-state index contributed by atoms with van der Waals surface area (Å²) in [5.74, 6) is 0. The normalized spacial score (nSPS) is 11.2. The highest BCUT2D eigenvalue weighted by Gasteiger charge is 2.25. The number of nitrogens with one attached hydrogen (secondary N) is 1. The lowest BCUT2D eigenvalue weighted by Gasteiger charge is -2.39. The number of para-hydroxylation sites is 2. The van der Waals surface area contributed by atoms with E-state index in [1.165, 1.54) is 133 Å². The van der Waals surface area contributed by atoms with Crippen LogP contribution in [0, 0.1) is 0 Å². The molecule has 2 aromatic carbocycles. The summed E-state index contributed by atoms with van der Waals surface area (Å²) in [4.78, 5) is 0. The number of hydrogen-bond acceptors (Lipinski definition) is 1. The molecule has 38 heavy (non-hydrogen) atoms. The molecule has 2 nitrogen and oxygen atoms in total. The Hall–Kier alpha value is -1.80. The van der Waals surface area contributed by atoms with E-state index in [4.69, 9.17) is 0 Å². The zero-order valence-electron chi connectivity index (χ0n) is 25.9. The van der Waals surface area contributed by atoms with Gasteiger partial charge in [0.25, 0.3) is 0 Å². The number of anilines is 2. The summed E-state index contributed by atoms with van der Waals surface area (Å²) in [5, 5.41) is 3.30. The minimum Gasteiger partial charge on any atom is -0.356 e. The third-order valence-corrected chi connectivity index (χ3v) is 7.78. The van der Waals surface area contributed by atoms with Gasteiger partial charge in [-0.2, -0.15) is 0 Å². The molecule has 2 heteroatoms. The first kappa shape index (κ1) is 34.2. The lowest BCUT2D eigenvalue weighted by Crippen LogP contribution is -2.50. The molecule has 0 fully saturated rings. The number of unbranched alkanes of at least 4 members (excludes halogenated alkanes) is 12. The van der Waals surface area contributed by atoms with Crippen molar-refractivity contribution in [2.24, 2.45) is 0 Å². The summed E-state index contributed by atoms with van der Waals surface area (Å²) >= 11 is 0. The average Bonchev–Trinajstić information content (AvgIpc) is 2.95. The maximum Gasteiger partial charge on any atom is 0.0786 e. The van der Waals surface area contributed by atoms with E-state index >= 15 is 0 Å². The van der Waals surface area contributed by atoms with E-state index in [0.29, 0.717) is 0 Å². The van der Waals surface area contributed by atoms with Gasteiger partial charge in [-0.1, -0.05) is 115 Å². The van der Waals surface area contributed by atoms with E-state index < -0.39 is 0 Å². The molecule has 0 radical (unpaired) electrons. The van der Waals surface area contributed by atoms with Crippen molar-refractivity contribution in [3.63, 3.8) is 0 Å². The molecule has 0 aliphatic rings. The molecule has 0 spiro atoms. The molecule has 0 saturated carbocycles. The van der Waals surface area contributed by atoms with Crippen LogP contribution in [0.5, 0.6) is 0 Å². The van der Waals surface area contributed by atoms with Gasteiger partial charge in [-0.3, -0.25) is 0 Å².